The maximum Gasteiger partial charge on any atom is 0.0195 e. The molecule has 1 fully saturated rings. The van der Waals surface area contributed by atoms with Crippen molar-refractivity contribution in [1.82, 2.24) is 10.2 Å². The first-order chi connectivity index (χ1) is 5.65. The third-order valence-electron chi connectivity index (χ3n) is 2.90. The van der Waals surface area contributed by atoms with Gasteiger partial charge in [-0.25, -0.2) is 0 Å². The van der Waals surface area contributed by atoms with Crippen molar-refractivity contribution in [3.8, 4) is 0 Å². The van der Waals surface area contributed by atoms with E-state index in [9.17, 15) is 0 Å². The molecule has 1 N–H and O–H groups in total. The summed E-state index contributed by atoms with van der Waals surface area (Å²) in [5.74, 6) is 0.888. The standard InChI is InChI=1S/C10H22N2/c1-8-5-9(2)12(7-8)10(3)6-11-4/h8-11H,5-7H2,1-4H3. The molecule has 1 heterocycles. The first-order valence-electron chi connectivity index (χ1n) is 5.05. The highest BCUT2D eigenvalue weighted by atomic mass is 15.2. The Bertz CT molecular complexity index is 136. The van der Waals surface area contributed by atoms with Crippen LogP contribution in [0.5, 0.6) is 0 Å². The molecule has 1 aliphatic heterocycles. The van der Waals surface area contributed by atoms with Crippen LogP contribution in [0.4, 0.5) is 0 Å². The average Bonchev–Trinajstić information content (AvgIpc) is 2.30. The molecule has 0 aromatic carbocycles. The van der Waals surface area contributed by atoms with E-state index in [1.165, 1.54) is 13.0 Å². The van der Waals surface area contributed by atoms with Gasteiger partial charge in [0.05, 0.1) is 0 Å². The third kappa shape index (κ3) is 2.20. The van der Waals surface area contributed by atoms with Crippen molar-refractivity contribution in [3.05, 3.63) is 0 Å². The van der Waals surface area contributed by atoms with Crippen molar-refractivity contribution >= 4 is 0 Å². The quantitative estimate of drug-likeness (QED) is 0.687. The van der Waals surface area contributed by atoms with Crippen LogP contribution >= 0.6 is 0 Å². The molecule has 0 spiro atoms. The fourth-order valence-electron chi connectivity index (χ4n) is 2.36. The van der Waals surface area contributed by atoms with Crippen molar-refractivity contribution < 1.29 is 0 Å². The predicted octanol–water partition coefficient (Wildman–Crippen LogP) is 1.32. The van der Waals surface area contributed by atoms with Gasteiger partial charge in [-0.3, -0.25) is 4.90 Å². The maximum absolute atomic E-state index is 3.24. The SMILES string of the molecule is CNCC(C)N1CC(C)CC1C. The van der Waals surface area contributed by atoms with E-state index in [2.05, 4.69) is 31.0 Å². The Morgan fingerprint density at radius 3 is 2.58 bits per heavy atom. The number of likely N-dealkylation sites (tertiary alicyclic amines) is 1. The summed E-state index contributed by atoms with van der Waals surface area (Å²) in [5.41, 5.74) is 0. The molecule has 72 valence electrons. The zero-order chi connectivity index (χ0) is 9.14. The zero-order valence-corrected chi connectivity index (χ0v) is 8.80. The van der Waals surface area contributed by atoms with E-state index >= 15 is 0 Å². The van der Waals surface area contributed by atoms with E-state index in [0.29, 0.717) is 6.04 Å². The molecule has 2 nitrogen and oxygen atoms in total. The molecule has 0 aromatic rings. The first-order valence-corrected chi connectivity index (χ1v) is 5.05. The summed E-state index contributed by atoms with van der Waals surface area (Å²) in [6.45, 7) is 9.39. The molecular weight excluding hydrogens is 148 g/mol. The lowest BCUT2D eigenvalue weighted by atomic mass is 10.1. The summed E-state index contributed by atoms with van der Waals surface area (Å²) in [7, 11) is 2.03. The summed E-state index contributed by atoms with van der Waals surface area (Å²) >= 11 is 0. The van der Waals surface area contributed by atoms with Crippen molar-refractivity contribution in [1.29, 1.82) is 0 Å². The van der Waals surface area contributed by atoms with Crippen molar-refractivity contribution in [2.45, 2.75) is 39.3 Å². The fraction of sp³-hybridized carbons (Fsp3) is 1.00. The number of nitrogens with zero attached hydrogens (tertiary/aromatic N) is 1. The fourth-order valence-corrected chi connectivity index (χ4v) is 2.36. The summed E-state index contributed by atoms with van der Waals surface area (Å²) in [6, 6.07) is 1.47. The number of hydrogen-bond donors (Lipinski definition) is 1. The van der Waals surface area contributed by atoms with Gasteiger partial charge >= 0.3 is 0 Å². The average molecular weight is 170 g/mol. The minimum absolute atomic E-state index is 0.690. The summed E-state index contributed by atoms with van der Waals surface area (Å²) in [4.78, 5) is 2.61. The Kier molecular flexibility index (Phi) is 3.53. The minimum atomic E-state index is 0.690. The molecule has 0 amide bonds. The number of rotatable bonds is 3. The van der Waals surface area contributed by atoms with E-state index in [0.717, 1.165) is 18.5 Å². The molecule has 12 heavy (non-hydrogen) atoms. The summed E-state index contributed by atoms with van der Waals surface area (Å²) < 4.78 is 0. The van der Waals surface area contributed by atoms with Crippen molar-refractivity contribution in [2.24, 2.45) is 5.92 Å². The van der Waals surface area contributed by atoms with Gasteiger partial charge in [-0.15, -0.1) is 0 Å². The Balaban J connectivity index is 2.40. The van der Waals surface area contributed by atoms with Crippen LogP contribution in [0.15, 0.2) is 0 Å². The molecule has 0 saturated carbocycles. The van der Waals surface area contributed by atoms with E-state index < -0.39 is 0 Å². The van der Waals surface area contributed by atoms with Gasteiger partial charge in [-0.05, 0) is 33.2 Å². The molecule has 2 heteroatoms. The van der Waals surface area contributed by atoms with Gasteiger partial charge in [0.25, 0.3) is 0 Å². The minimum Gasteiger partial charge on any atom is -0.318 e. The van der Waals surface area contributed by atoms with Gasteiger partial charge in [-0.1, -0.05) is 6.92 Å². The highest BCUT2D eigenvalue weighted by molar-refractivity contribution is 4.84. The van der Waals surface area contributed by atoms with Crippen LogP contribution in [0.1, 0.15) is 27.2 Å². The Labute approximate surface area is 76.3 Å². The molecule has 0 aromatic heterocycles. The second-order valence-corrected chi connectivity index (χ2v) is 4.29. The molecule has 3 atom stereocenters. The van der Waals surface area contributed by atoms with Crippen molar-refractivity contribution in [3.63, 3.8) is 0 Å². The maximum atomic E-state index is 3.24. The van der Waals surface area contributed by atoms with E-state index in [1.807, 2.05) is 7.05 Å². The normalized spacial score (nSPS) is 34.0. The van der Waals surface area contributed by atoms with Crippen LogP contribution in [-0.4, -0.2) is 37.1 Å². The van der Waals surface area contributed by atoms with Gasteiger partial charge in [0.2, 0.25) is 0 Å². The van der Waals surface area contributed by atoms with Gasteiger partial charge in [0, 0.05) is 25.2 Å². The Hall–Kier alpha value is -0.0800. The number of likely N-dealkylation sites (N-methyl/N-ethyl adjacent to an activating group) is 1. The molecule has 1 aliphatic rings. The van der Waals surface area contributed by atoms with Crippen LogP contribution < -0.4 is 5.32 Å². The molecule has 1 saturated heterocycles. The lowest BCUT2D eigenvalue weighted by Gasteiger charge is -2.28. The number of hydrogen-bond acceptors (Lipinski definition) is 2. The van der Waals surface area contributed by atoms with Crippen LogP contribution in [0.25, 0.3) is 0 Å². The summed E-state index contributed by atoms with van der Waals surface area (Å²) in [5, 5.41) is 3.24. The monoisotopic (exact) mass is 170 g/mol. The largest absolute Gasteiger partial charge is 0.318 e. The van der Waals surface area contributed by atoms with Crippen LogP contribution in [0.3, 0.4) is 0 Å². The molecule has 1 rings (SSSR count). The van der Waals surface area contributed by atoms with Gasteiger partial charge in [0.1, 0.15) is 0 Å². The highest BCUT2D eigenvalue weighted by Gasteiger charge is 2.28. The lowest BCUT2D eigenvalue weighted by Crippen LogP contribution is -2.41. The van der Waals surface area contributed by atoms with Crippen LogP contribution in [0, 0.1) is 5.92 Å². The second kappa shape index (κ2) is 4.24. The Morgan fingerprint density at radius 2 is 2.17 bits per heavy atom. The molecule has 0 radical (unpaired) electrons. The highest BCUT2D eigenvalue weighted by Crippen LogP contribution is 2.23. The molecule has 0 aliphatic carbocycles. The van der Waals surface area contributed by atoms with E-state index in [-0.39, 0.29) is 0 Å². The summed E-state index contributed by atoms with van der Waals surface area (Å²) in [6.07, 6.45) is 1.37. The van der Waals surface area contributed by atoms with Crippen LogP contribution in [-0.2, 0) is 0 Å². The molecule has 0 bridgehead atoms. The Morgan fingerprint density at radius 1 is 1.50 bits per heavy atom. The van der Waals surface area contributed by atoms with E-state index in [4.69, 9.17) is 0 Å². The van der Waals surface area contributed by atoms with Gasteiger partial charge in [0.15, 0.2) is 0 Å². The zero-order valence-electron chi connectivity index (χ0n) is 8.80. The first kappa shape index (κ1) is 10.0. The topological polar surface area (TPSA) is 15.3 Å². The van der Waals surface area contributed by atoms with Gasteiger partial charge in [-0.2, -0.15) is 0 Å². The van der Waals surface area contributed by atoms with Crippen molar-refractivity contribution in [2.75, 3.05) is 20.1 Å². The lowest BCUT2D eigenvalue weighted by molar-refractivity contribution is 0.197. The van der Waals surface area contributed by atoms with Crippen LogP contribution in [0.2, 0.25) is 0 Å². The smallest absolute Gasteiger partial charge is 0.0195 e. The van der Waals surface area contributed by atoms with Gasteiger partial charge < -0.3 is 5.32 Å². The van der Waals surface area contributed by atoms with E-state index in [1.54, 1.807) is 0 Å². The molecular formula is C10H22N2. The predicted molar refractivity (Wildman–Crippen MR) is 53.3 cm³/mol. The number of nitrogens with one attached hydrogen (secondary N) is 1. The third-order valence-corrected chi connectivity index (χ3v) is 2.90. The second-order valence-electron chi connectivity index (χ2n) is 4.29. The molecule has 3 unspecified atom stereocenters.